The third-order valence-corrected chi connectivity index (χ3v) is 5.59. The van der Waals surface area contributed by atoms with Crippen LogP contribution in [-0.2, 0) is 20.9 Å². The number of amides is 3. The van der Waals surface area contributed by atoms with Crippen LogP contribution in [0.4, 0.5) is 9.59 Å². The molecule has 3 fully saturated rings. The average molecular weight is 358 g/mol. The molecule has 3 heterocycles. The van der Waals surface area contributed by atoms with Crippen molar-refractivity contribution in [1.29, 1.82) is 0 Å². The van der Waals surface area contributed by atoms with Crippen LogP contribution in [0.15, 0.2) is 30.3 Å². The van der Waals surface area contributed by atoms with Crippen molar-refractivity contribution in [2.45, 2.75) is 50.9 Å². The van der Waals surface area contributed by atoms with Gasteiger partial charge in [-0.3, -0.25) is 4.79 Å². The van der Waals surface area contributed by atoms with Gasteiger partial charge >= 0.3 is 12.2 Å². The Labute approximate surface area is 151 Å². The number of nitrogens with zero attached hydrogens (tertiary/aromatic N) is 2. The van der Waals surface area contributed by atoms with Crippen molar-refractivity contribution < 1.29 is 23.9 Å². The largest absolute Gasteiger partial charge is 0.447 e. The summed E-state index contributed by atoms with van der Waals surface area (Å²) in [5.41, 5.74) is 0.925. The van der Waals surface area contributed by atoms with Crippen LogP contribution >= 0.6 is 0 Å². The highest BCUT2D eigenvalue weighted by atomic mass is 16.6. The highest BCUT2D eigenvalue weighted by Crippen LogP contribution is 2.43. The van der Waals surface area contributed by atoms with Crippen molar-refractivity contribution >= 4 is 18.1 Å². The Bertz CT molecular complexity index is 722. The summed E-state index contributed by atoms with van der Waals surface area (Å²) < 4.78 is 10.4. The maximum absolute atomic E-state index is 12.9. The molecule has 1 aromatic carbocycles. The molecule has 26 heavy (non-hydrogen) atoms. The predicted octanol–water partition coefficient (Wildman–Crippen LogP) is 2.54. The Kier molecular flexibility index (Phi) is 4.30. The molecule has 1 aromatic rings. The van der Waals surface area contributed by atoms with Crippen molar-refractivity contribution in [3.8, 4) is 0 Å². The molecule has 0 N–H and O–H groups in total. The Morgan fingerprint density at radius 3 is 2.69 bits per heavy atom. The summed E-state index contributed by atoms with van der Waals surface area (Å²) in [4.78, 5) is 40.2. The van der Waals surface area contributed by atoms with Gasteiger partial charge in [0.15, 0.2) is 0 Å². The van der Waals surface area contributed by atoms with Crippen molar-refractivity contribution in [2.24, 2.45) is 5.92 Å². The summed E-state index contributed by atoms with van der Waals surface area (Å²) in [7, 11) is 0. The lowest BCUT2D eigenvalue weighted by atomic mass is 9.88. The molecule has 0 aromatic heterocycles. The first-order chi connectivity index (χ1) is 12.6. The van der Waals surface area contributed by atoms with Crippen LogP contribution in [0.3, 0.4) is 0 Å². The van der Waals surface area contributed by atoms with Crippen molar-refractivity contribution in [1.82, 2.24) is 9.80 Å². The fourth-order valence-electron chi connectivity index (χ4n) is 4.33. The minimum Gasteiger partial charge on any atom is -0.447 e. The monoisotopic (exact) mass is 358 g/mol. The molecule has 0 spiro atoms. The number of rotatable bonds is 3. The zero-order chi connectivity index (χ0) is 18.3. The molecule has 0 aliphatic carbocycles. The van der Waals surface area contributed by atoms with Crippen LogP contribution < -0.4 is 0 Å². The van der Waals surface area contributed by atoms with E-state index in [1.54, 1.807) is 11.8 Å². The van der Waals surface area contributed by atoms with Gasteiger partial charge in [0, 0.05) is 12.1 Å². The lowest BCUT2D eigenvalue weighted by molar-refractivity contribution is -0.134. The van der Waals surface area contributed by atoms with E-state index in [-0.39, 0.29) is 49.3 Å². The first-order valence-electron chi connectivity index (χ1n) is 9.05. The van der Waals surface area contributed by atoms with E-state index in [2.05, 4.69) is 0 Å². The van der Waals surface area contributed by atoms with Crippen molar-refractivity contribution in [2.75, 3.05) is 6.61 Å². The second-order valence-corrected chi connectivity index (χ2v) is 7.22. The van der Waals surface area contributed by atoms with Gasteiger partial charge in [-0.25, -0.2) is 14.5 Å². The third kappa shape index (κ3) is 2.81. The van der Waals surface area contributed by atoms with Gasteiger partial charge in [0.05, 0.1) is 12.0 Å². The molecule has 3 saturated heterocycles. The topological polar surface area (TPSA) is 76.2 Å². The van der Waals surface area contributed by atoms with Gasteiger partial charge in [-0.1, -0.05) is 30.3 Å². The van der Waals surface area contributed by atoms with E-state index in [9.17, 15) is 14.4 Å². The van der Waals surface area contributed by atoms with E-state index in [0.29, 0.717) is 6.42 Å². The predicted molar refractivity (Wildman–Crippen MR) is 91.0 cm³/mol. The molecule has 7 nitrogen and oxygen atoms in total. The Balaban J connectivity index is 1.42. The van der Waals surface area contributed by atoms with Crippen LogP contribution in [0.2, 0.25) is 0 Å². The highest BCUT2D eigenvalue weighted by Gasteiger charge is 2.54. The second kappa shape index (κ2) is 6.63. The zero-order valence-electron chi connectivity index (χ0n) is 14.7. The summed E-state index contributed by atoms with van der Waals surface area (Å²) in [6.45, 7) is 2.24. The van der Waals surface area contributed by atoms with E-state index in [0.717, 1.165) is 18.4 Å². The standard InChI is InChI=1S/C19H22N2O5/c1-12-10-25-18(23)20(12)17(22)15-9-14-7-8-16(15)21(14)19(24)26-11-13-5-3-2-4-6-13/h2-6,12,14-16H,7-11H2,1H3/t12-,14-,15-,16+/m0/s1. The summed E-state index contributed by atoms with van der Waals surface area (Å²) in [5, 5.41) is 0. The zero-order valence-corrected chi connectivity index (χ0v) is 14.7. The number of ether oxygens (including phenoxy) is 2. The van der Waals surface area contributed by atoms with Crippen LogP contribution in [-0.4, -0.2) is 52.6 Å². The Hall–Kier alpha value is -2.57. The van der Waals surface area contributed by atoms with Gasteiger partial charge in [-0.05, 0) is 31.7 Å². The molecule has 138 valence electrons. The fraction of sp³-hybridized carbons (Fsp3) is 0.526. The number of benzene rings is 1. The smallest absolute Gasteiger partial charge is 0.416 e. The lowest BCUT2D eigenvalue weighted by Gasteiger charge is -2.26. The number of hydrogen-bond donors (Lipinski definition) is 0. The van der Waals surface area contributed by atoms with Gasteiger partial charge in [0.2, 0.25) is 5.91 Å². The summed E-state index contributed by atoms with van der Waals surface area (Å²) in [6, 6.07) is 9.06. The Morgan fingerprint density at radius 1 is 1.23 bits per heavy atom. The molecule has 3 aliphatic rings. The molecule has 0 radical (unpaired) electrons. The fourth-order valence-corrected chi connectivity index (χ4v) is 4.33. The van der Waals surface area contributed by atoms with Gasteiger partial charge < -0.3 is 14.4 Å². The minimum atomic E-state index is -0.580. The lowest BCUT2D eigenvalue weighted by Crippen LogP contribution is -2.45. The summed E-state index contributed by atoms with van der Waals surface area (Å²) in [6.07, 6.45) is 1.26. The van der Waals surface area contributed by atoms with Gasteiger partial charge in [0.25, 0.3) is 0 Å². The number of carbonyl (C=O) groups is 3. The average Bonchev–Trinajstić information content (AvgIpc) is 3.33. The number of carbonyl (C=O) groups excluding carboxylic acids is 3. The molecule has 7 heteroatoms. The second-order valence-electron chi connectivity index (χ2n) is 7.22. The number of cyclic esters (lactones) is 1. The number of imide groups is 1. The maximum atomic E-state index is 12.9. The van der Waals surface area contributed by atoms with E-state index in [1.165, 1.54) is 4.90 Å². The van der Waals surface area contributed by atoms with Gasteiger partial charge in [-0.2, -0.15) is 0 Å². The minimum absolute atomic E-state index is 0.00570. The highest BCUT2D eigenvalue weighted by molar-refractivity contribution is 5.95. The SMILES string of the molecule is C[C@H]1COC(=O)N1C(=O)[C@H]1C[C@@H]2CC[C@H]1N2C(=O)OCc1ccccc1. The molecular formula is C19H22N2O5. The third-order valence-electron chi connectivity index (χ3n) is 5.59. The van der Waals surface area contributed by atoms with Crippen LogP contribution in [0.25, 0.3) is 0 Å². The van der Waals surface area contributed by atoms with E-state index < -0.39 is 6.09 Å². The van der Waals surface area contributed by atoms with E-state index in [1.807, 2.05) is 30.3 Å². The maximum Gasteiger partial charge on any atom is 0.416 e. The molecule has 4 rings (SSSR count). The van der Waals surface area contributed by atoms with Crippen molar-refractivity contribution in [3.05, 3.63) is 35.9 Å². The number of fused-ring (bicyclic) bond motifs is 2. The molecule has 2 bridgehead atoms. The molecule has 3 amide bonds. The molecule has 4 atom stereocenters. The number of hydrogen-bond acceptors (Lipinski definition) is 5. The first kappa shape index (κ1) is 16.9. The molecule has 0 saturated carbocycles. The quantitative estimate of drug-likeness (QED) is 0.830. The Morgan fingerprint density at radius 2 is 2.00 bits per heavy atom. The summed E-state index contributed by atoms with van der Waals surface area (Å²) in [5.74, 6) is -0.584. The van der Waals surface area contributed by atoms with Gasteiger partial charge in [0.1, 0.15) is 13.2 Å². The normalized spacial score (nSPS) is 29.8. The van der Waals surface area contributed by atoms with Crippen LogP contribution in [0, 0.1) is 5.92 Å². The first-order valence-corrected chi connectivity index (χ1v) is 9.05. The summed E-state index contributed by atoms with van der Waals surface area (Å²) >= 11 is 0. The van der Waals surface area contributed by atoms with E-state index in [4.69, 9.17) is 9.47 Å². The molecular weight excluding hydrogens is 336 g/mol. The van der Waals surface area contributed by atoms with Crippen molar-refractivity contribution in [3.63, 3.8) is 0 Å². The van der Waals surface area contributed by atoms with E-state index >= 15 is 0 Å². The van der Waals surface area contributed by atoms with Gasteiger partial charge in [-0.15, -0.1) is 0 Å². The van der Waals surface area contributed by atoms with Crippen LogP contribution in [0.1, 0.15) is 31.7 Å². The molecule has 3 aliphatic heterocycles. The van der Waals surface area contributed by atoms with Crippen LogP contribution in [0.5, 0.6) is 0 Å². The molecule has 0 unspecified atom stereocenters.